The Balaban J connectivity index is 1.19. The fourth-order valence-electron chi connectivity index (χ4n) is 7.61. The predicted octanol–water partition coefficient (Wildman–Crippen LogP) is 13.4. The number of hydrogen-bond donors (Lipinski definition) is 1. The van der Waals surface area contributed by atoms with Crippen LogP contribution in [0, 0.1) is 5.41 Å². The molecule has 5 heteroatoms. The smallest absolute Gasteiger partial charge is 0.161 e. The molecule has 0 saturated carbocycles. The number of furan rings is 2. The van der Waals surface area contributed by atoms with Gasteiger partial charge in [0.1, 0.15) is 22.3 Å². The molecule has 2 aromatic heterocycles. The van der Waals surface area contributed by atoms with Gasteiger partial charge < -0.3 is 8.83 Å². The Kier molecular flexibility index (Phi) is 8.23. The lowest BCUT2D eigenvalue weighted by atomic mass is 9.94. The largest absolute Gasteiger partial charge is 0.456 e. The maximum atomic E-state index is 9.32. The summed E-state index contributed by atoms with van der Waals surface area (Å²) >= 11 is 0. The van der Waals surface area contributed by atoms with E-state index in [1.165, 1.54) is 0 Å². The molecule has 8 aromatic carbocycles. The van der Waals surface area contributed by atoms with E-state index in [0.717, 1.165) is 82.8 Å². The predicted molar refractivity (Wildman–Crippen MR) is 231 cm³/mol. The van der Waals surface area contributed by atoms with Crippen LogP contribution in [0.3, 0.4) is 0 Å². The van der Waals surface area contributed by atoms with Crippen molar-refractivity contribution in [2.24, 2.45) is 9.98 Å². The molecule has 5 nitrogen and oxygen atoms in total. The molecule has 0 bridgehead atoms. The first kappa shape index (κ1) is 33.0. The molecule has 0 aliphatic carbocycles. The molecular formula is C51H33N3O2. The lowest BCUT2D eigenvalue weighted by Gasteiger charge is -2.08. The van der Waals surface area contributed by atoms with Crippen molar-refractivity contribution < 1.29 is 8.83 Å². The quantitative estimate of drug-likeness (QED) is 0.137. The van der Waals surface area contributed by atoms with Crippen molar-refractivity contribution in [3.8, 4) is 33.4 Å². The number of nitrogens with one attached hydrogen (secondary N) is 1. The van der Waals surface area contributed by atoms with Gasteiger partial charge in [-0.3, -0.25) is 5.41 Å². The monoisotopic (exact) mass is 719 g/mol. The number of fused-ring (bicyclic) bond motifs is 6. The highest BCUT2D eigenvalue weighted by molar-refractivity contribution is 6.23. The van der Waals surface area contributed by atoms with E-state index in [1.807, 2.05) is 109 Å². The summed E-state index contributed by atoms with van der Waals surface area (Å²) in [5.74, 6) is 0.514. The Labute approximate surface area is 323 Å². The number of nitrogens with zero attached hydrogens (tertiary/aromatic N) is 2. The highest BCUT2D eigenvalue weighted by Crippen LogP contribution is 2.43. The number of amidine groups is 2. The Hall–Kier alpha value is -7.63. The van der Waals surface area contributed by atoms with Crippen molar-refractivity contribution in [2.45, 2.75) is 0 Å². The van der Waals surface area contributed by atoms with E-state index < -0.39 is 0 Å². The van der Waals surface area contributed by atoms with Crippen LogP contribution in [0.2, 0.25) is 0 Å². The fraction of sp³-hybridized carbons (Fsp3) is 0. The molecule has 0 radical (unpaired) electrons. The first-order valence-electron chi connectivity index (χ1n) is 18.6. The highest BCUT2D eigenvalue weighted by Gasteiger charge is 2.21. The zero-order valence-electron chi connectivity index (χ0n) is 30.2. The molecule has 0 spiro atoms. The van der Waals surface area contributed by atoms with E-state index in [2.05, 4.69) is 84.9 Å². The van der Waals surface area contributed by atoms with Crippen molar-refractivity contribution >= 4 is 61.8 Å². The summed E-state index contributed by atoms with van der Waals surface area (Å²) in [6.45, 7) is 0. The van der Waals surface area contributed by atoms with Gasteiger partial charge in [-0.2, -0.15) is 0 Å². The maximum Gasteiger partial charge on any atom is 0.161 e. The molecule has 1 N–H and O–H groups in total. The van der Waals surface area contributed by atoms with E-state index in [0.29, 0.717) is 17.0 Å². The summed E-state index contributed by atoms with van der Waals surface area (Å²) in [5.41, 5.74) is 11.8. The minimum absolute atomic E-state index is 0.0940. The van der Waals surface area contributed by atoms with E-state index >= 15 is 0 Å². The molecule has 0 aliphatic heterocycles. The van der Waals surface area contributed by atoms with Crippen molar-refractivity contribution in [3.05, 3.63) is 205 Å². The first-order chi connectivity index (χ1) is 27.7. The molecule has 0 amide bonds. The second-order valence-corrected chi connectivity index (χ2v) is 13.7. The zero-order valence-corrected chi connectivity index (χ0v) is 30.2. The van der Waals surface area contributed by atoms with Gasteiger partial charge in [0.05, 0.1) is 0 Å². The molecule has 0 fully saturated rings. The van der Waals surface area contributed by atoms with Gasteiger partial charge in [-0.15, -0.1) is 0 Å². The number of hydrogen-bond acceptors (Lipinski definition) is 3. The third-order valence-electron chi connectivity index (χ3n) is 10.3. The maximum absolute atomic E-state index is 9.32. The van der Waals surface area contributed by atoms with E-state index in [4.69, 9.17) is 18.8 Å². The lowest BCUT2D eigenvalue weighted by Crippen LogP contribution is -2.05. The Morgan fingerprint density at radius 2 is 1.09 bits per heavy atom. The number of rotatable bonds is 6. The van der Waals surface area contributed by atoms with E-state index in [9.17, 15) is 5.41 Å². The summed E-state index contributed by atoms with van der Waals surface area (Å²) in [6.07, 6.45) is 1.86. The molecule has 0 aliphatic rings. The molecule has 2 heterocycles. The van der Waals surface area contributed by atoms with Crippen LogP contribution in [0.5, 0.6) is 0 Å². The van der Waals surface area contributed by atoms with Crippen LogP contribution in [0.25, 0.3) is 77.3 Å². The van der Waals surface area contributed by atoms with Gasteiger partial charge in [-0.05, 0) is 52.6 Å². The van der Waals surface area contributed by atoms with Gasteiger partial charge in [0.25, 0.3) is 0 Å². The normalized spacial score (nSPS) is 12.0. The molecule has 0 atom stereocenters. The molecule has 0 unspecified atom stereocenters. The van der Waals surface area contributed by atoms with Crippen molar-refractivity contribution in [1.29, 1.82) is 5.41 Å². The van der Waals surface area contributed by atoms with Crippen LogP contribution < -0.4 is 0 Å². The average molecular weight is 720 g/mol. The number of para-hydroxylation sites is 1. The molecule has 264 valence electrons. The second-order valence-electron chi connectivity index (χ2n) is 13.7. The number of aliphatic imine (C=N–C) groups is 2. The molecule has 56 heavy (non-hydrogen) atoms. The van der Waals surface area contributed by atoms with Crippen molar-refractivity contribution in [1.82, 2.24) is 0 Å². The van der Waals surface area contributed by atoms with E-state index in [1.54, 1.807) is 0 Å². The van der Waals surface area contributed by atoms with Gasteiger partial charge >= 0.3 is 0 Å². The van der Waals surface area contributed by atoms with Crippen LogP contribution in [0.15, 0.2) is 207 Å². The fourth-order valence-corrected chi connectivity index (χ4v) is 7.61. The van der Waals surface area contributed by atoms with Gasteiger partial charge in [0, 0.05) is 55.6 Å². The Morgan fingerprint density at radius 1 is 0.464 bits per heavy atom. The highest BCUT2D eigenvalue weighted by atomic mass is 16.3. The third kappa shape index (κ3) is 5.88. The van der Waals surface area contributed by atoms with Gasteiger partial charge in [0.15, 0.2) is 11.7 Å². The molecule has 10 aromatic rings. The van der Waals surface area contributed by atoms with Crippen LogP contribution in [-0.4, -0.2) is 17.9 Å². The standard InChI is InChI=1S/C51H33N3O2/c52-50(41-25-15-27-45-47(41)40-24-13-14-26-44(40)55-45)54-51(36-22-11-4-12-23-36)53-32-37-28-29-39(34-18-7-2-8-19-34)49-46(37)43-31-38(33-16-5-1-6-17-33)30-42(48(43)56-49)35-20-9-3-10-21-35/h1-32,52H. The van der Waals surface area contributed by atoms with Crippen LogP contribution in [-0.2, 0) is 0 Å². The SMILES string of the molecule is N=C(N=C(N=Cc1ccc(-c2ccccc2)c2oc3c(-c4ccccc4)cc(-c4ccccc4)cc3c12)c1ccccc1)c1cccc2oc3ccccc3c12. The van der Waals surface area contributed by atoms with Gasteiger partial charge in [-0.25, -0.2) is 9.98 Å². The minimum atomic E-state index is 0.0940. The lowest BCUT2D eigenvalue weighted by molar-refractivity contribution is 0.669. The molecular weight excluding hydrogens is 687 g/mol. The summed E-state index contributed by atoms with van der Waals surface area (Å²) in [6, 6.07) is 63.3. The molecule has 0 saturated heterocycles. The third-order valence-corrected chi connectivity index (χ3v) is 10.3. The Bertz CT molecular complexity index is 3120. The van der Waals surface area contributed by atoms with Gasteiger partial charge in [0.2, 0.25) is 0 Å². The number of benzene rings is 8. The van der Waals surface area contributed by atoms with Crippen molar-refractivity contribution in [2.75, 3.05) is 0 Å². The van der Waals surface area contributed by atoms with E-state index in [-0.39, 0.29) is 5.84 Å². The Morgan fingerprint density at radius 3 is 1.82 bits per heavy atom. The zero-order chi connectivity index (χ0) is 37.4. The minimum Gasteiger partial charge on any atom is -0.456 e. The molecule has 10 rings (SSSR count). The summed E-state index contributed by atoms with van der Waals surface area (Å²) in [5, 5.41) is 13.1. The second kappa shape index (κ2) is 14.0. The van der Waals surface area contributed by atoms with Crippen molar-refractivity contribution in [3.63, 3.8) is 0 Å². The van der Waals surface area contributed by atoms with Crippen LogP contribution >= 0.6 is 0 Å². The summed E-state index contributed by atoms with van der Waals surface area (Å²) in [7, 11) is 0. The topological polar surface area (TPSA) is 74.8 Å². The average Bonchev–Trinajstić information content (AvgIpc) is 3.85. The summed E-state index contributed by atoms with van der Waals surface area (Å²) < 4.78 is 13.1. The summed E-state index contributed by atoms with van der Waals surface area (Å²) in [4.78, 5) is 9.99. The van der Waals surface area contributed by atoms with Gasteiger partial charge in [-0.1, -0.05) is 158 Å². The van der Waals surface area contributed by atoms with Crippen LogP contribution in [0.1, 0.15) is 16.7 Å². The first-order valence-corrected chi connectivity index (χ1v) is 18.6. The van der Waals surface area contributed by atoms with Crippen LogP contribution in [0.4, 0.5) is 0 Å².